The Morgan fingerprint density at radius 3 is 0.923 bits per heavy atom. The van der Waals surface area contributed by atoms with Gasteiger partial charge in [-0.3, -0.25) is 9.59 Å². The number of hydrogen-bond acceptors (Lipinski definition) is 2. The van der Waals surface area contributed by atoms with Gasteiger partial charge in [-0.25, -0.2) is 0 Å². The average Bonchev–Trinajstić information content (AvgIpc) is 3.49. The first-order valence-corrected chi connectivity index (χ1v) is 18.7. The van der Waals surface area contributed by atoms with Crippen molar-refractivity contribution in [3.05, 3.63) is 153 Å². The molecule has 4 aromatic rings. The van der Waals surface area contributed by atoms with Crippen molar-refractivity contribution in [2.24, 2.45) is 0 Å². The van der Waals surface area contributed by atoms with E-state index >= 15 is 9.59 Å². The molecular formula is C48H56N2O2. The predicted molar refractivity (Wildman–Crippen MR) is 216 cm³/mol. The zero-order chi connectivity index (χ0) is 38.0. The van der Waals surface area contributed by atoms with Crippen LogP contribution in [0.3, 0.4) is 0 Å². The lowest BCUT2D eigenvalue weighted by Crippen LogP contribution is -2.30. The smallest absolute Gasteiger partial charge is 0.261 e. The molecule has 270 valence electrons. The van der Waals surface area contributed by atoms with E-state index in [1.165, 1.54) is 22.3 Å². The predicted octanol–water partition coefficient (Wildman–Crippen LogP) is 11.1. The highest BCUT2D eigenvalue weighted by molar-refractivity contribution is 6.30. The molecule has 4 heteroatoms. The first-order valence-electron chi connectivity index (χ1n) is 18.7. The Hall–Kier alpha value is -4.70. The van der Waals surface area contributed by atoms with E-state index in [0.29, 0.717) is 35.6 Å². The molecule has 0 bridgehead atoms. The molecule has 52 heavy (non-hydrogen) atoms. The maximum absolute atomic E-state index is 15.1. The second-order valence-electron chi connectivity index (χ2n) is 18.8. The number of carbonyl (C=O) groups excluding carboxylic acids is 2. The SMILES string of the molecule is CC(C)(C)c1cc(CN2C(=O)C3=C(c4ccccc4)N(Cc4cc(C(C)(C)C)cc(C(C)(C)C)c4)C(=O)C3=C2c2ccccc2)cc(C(C)(C)C)c1. The molecule has 4 aromatic carbocycles. The number of fused-ring (bicyclic) bond motifs is 1. The third-order valence-electron chi connectivity index (χ3n) is 10.4. The van der Waals surface area contributed by atoms with Gasteiger partial charge in [0.25, 0.3) is 11.8 Å². The highest BCUT2D eigenvalue weighted by Gasteiger charge is 2.49. The number of nitrogens with zero attached hydrogens (tertiary/aromatic N) is 2. The molecule has 4 nitrogen and oxygen atoms in total. The van der Waals surface area contributed by atoms with Crippen molar-refractivity contribution in [2.45, 2.75) is 118 Å². The van der Waals surface area contributed by atoms with Gasteiger partial charge >= 0.3 is 0 Å². The van der Waals surface area contributed by atoms with Crippen LogP contribution in [-0.2, 0) is 44.3 Å². The van der Waals surface area contributed by atoms with E-state index in [4.69, 9.17) is 0 Å². The van der Waals surface area contributed by atoms with Gasteiger partial charge in [0.15, 0.2) is 0 Å². The monoisotopic (exact) mass is 692 g/mol. The summed E-state index contributed by atoms with van der Waals surface area (Å²) in [5, 5.41) is 0. The molecule has 0 N–H and O–H groups in total. The largest absolute Gasteiger partial charge is 0.302 e. The molecule has 0 aliphatic carbocycles. The molecule has 2 heterocycles. The van der Waals surface area contributed by atoms with Crippen molar-refractivity contribution < 1.29 is 9.59 Å². The molecule has 0 spiro atoms. The Bertz CT molecular complexity index is 1870. The summed E-state index contributed by atoms with van der Waals surface area (Å²) in [6, 6.07) is 33.5. The fourth-order valence-electron chi connectivity index (χ4n) is 7.15. The lowest BCUT2D eigenvalue weighted by atomic mass is 9.79. The van der Waals surface area contributed by atoms with Crippen LogP contribution in [0.2, 0.25) is 0 Å². The van der Waals surface area contributed by atoms with E-state index in [-0.39, 0.29) is 33.5 Å². The van der Waals surface area contributed by atoms with Crippen molar-refractivity contribution >= 4 is 23.2 Å². The van der Waals surface area contributed by atoms with Crippen LogP contribution in [0.1, 0.15) is 128 Å². The minimum Gasteiger partial charge on any atom is -0.302 e. The molecule has 0 fully saturated rings. The van der Waals surface area contributed by atoms with Gasteiger partial charge < -0.3 is 9.80 Å². The summed E-state index contributed by atoms with van der Waals surface area (Å²) in [5.74, 6) is -0.276. The highest BCUT2D eigenvalue weighted by Crippen LogP contribution is 2.48. The second kappa shape index (κ2) is 13.1. The van der Waals surface area contributed by atoms with E-state index in [0.717, 1.165) is 22.3 Å². The van der Waals surface area contributed by atoms with E-state index in [1.54, 1.807) is 0 Å². The molecule has 0 radical (unpaired) electrons. The van der Waals surface area contributed by atoms with E-state index in [1.807, 2.05) is 70.5 Å². The van der Waals surface area contributed by atoms with Crippen molar-refractivity contribution in [1.29, 1.82) is 0 Å². The minimum atomic E-state index is -0.138. The highest BCUT2D eigenvalue weighted by atomic mass is 16.2. The molecule has 0 aromatic heterocycles. The fraction of sp³-hybridized carbons (Fsp3) is 0.375. The molecule has 0 unspecified atom stereocenters. The van der Waals surface area contributed by atoms with Gasteiger partial charge in [-0.15, -0.1) is 0 Å². The lowest BCUT2D eigenvalue weighted by molar-refractivity contribution is -0.124. The molecule has 2 amide bonds. The Kier molecular flexibility index (Phi) is 9.31. The Balaban J connectivity index is 1.55. The van der Waals surface area contributed by atoms with Gasteiger partial charge in [-0.2, -0.15) is 0 Å². The van der Waals surface area contributed by atoms with Crippen LogP contribution in [0.5, 0.6) is 0 Å². The zero-order valence-corrected chi connectivity index (χ0v) is 33.4. The van der Waals surface area contributed by atoms with Crippen molar-refractivity contribution in [1.82, 2.24) is 9.80 Å². The number of rotatable bonds is 6. The summed E-state index contributed by atoms with van der Waals surface area (Å²) >= 11 is 0. The van der Waals surface area contributed by atoms with E-state index in [2.05, 4.69) is 119 Å². The third kappa shape index (κ3) is 7.18. The van der Waals surface area contributed by atoms with Gasteiger partial charge in [0, 0.05) is 0 Å². The molecule has 2 aliphatic rings. The summed E-state index contributed by atoms with van der Waals surface area (Å²) in [5.41, 5.74) is 10.8. The maximum Gasteiger partial charge on any atom is 0.261 e. The van der Waals surface area contributed by atoms with Crippen LogP contribution in [0.4, 0.5) is 0 Å². The van der Waals surface area contributed by atoms with Crippen LogP contribution in [0.25, 0.3) is 11.4 Å². The minimum absolute atomic E-state index is 0.0706. The van der Waals surface area contributed by atoms with Crippen LogP contribution in [-0.4, -0.2) is 21.6 Å². The Morgan fingerprint density at radius 1 is 0.404 bits per heavy atom. The normalized spacial score (nSPS) is 15.7. The van der Waals surface area contributed by atoms with E-state index in [9.17, 15) is 0 Å². The maximum atomic E-state index is 15.1. The summed E-state index contributed by atoms with van der Waals surface area (Å²) in [6.45, 7) is 27.5. The summed E-state index contributed by atoms with van der Waals surface area (Å²) < 4.78 is 0. The molecule has 0 atom stereocenters. The number of carbonyl (C=O) groups is 2. The Labute approximate surface area is 312 Å². The fourth-order valence-corrected chi connectivity index (χ4v) is 7.15. The number of benzene rings is 4. The molecule has 6 rings (SSSR count). The van der Waals surface area contributed by atoms with Crippen molar-refractivity contribution in [3.63, 3.8) is 0 Å². The molecule has 0 saturated carbocycles. The van der Waals surface area contributed by atoms with Crippen molar-refractivity contribution in [2.75, 3.05) is 0 Å². The quantitative estimate of drug-likeness (QED) is 0.202. The van der Waals surface area contributed by atoms with Gasteiger partial charge in [0.05, 0.1) is 35.6 Å². The first-order chi connectivity index (χ1) is 24.1. The summed E-state index contributed by atoms with van der Waals surface area (Å²) in [4.78, 5) is 33.9. The van der Waals surface area contributed by atoms with Crippen LogP contribution in [0.15, 0.2) is 108 Å². The first kappa shape index (κ1) is 37.1. The van der Waals surface area contributed by atoms with Crippen LogP contribution < -0.4 is 0 Å². The zero-order valence-electron chi connectivity index (χ0n) is 33.4. The summed E-state index contributed by atoms with van der Waals surface area (Å²) in [6.07, 6.45) is 0. The van der Waals surface area contributed by atoms with Crippen LogP contribution in [0, 0.1) is 0 Å². The lowest BCUT2D eigenvalue weighted by Gasteiger charge is -2.29. The second-order valence-corrected chi connectivity index (χ2v) is 18.8. The molecule has 2 aliphatic heterocycles. The van der Waals surface area contributed by atoms with Gasteiger partial charge in [-0.05, 0) is 66.2 Å². The Morgan fingerprint density at radius 2 is 0.673 bits per heavy atom. The number of amides is 2. The third-order valence-corrected chi connectivity index (χ3v) is 10.4. The number of hydrogen-bond donors (Lipinski definition) is 0. The topological polar surface area (TPSA) is 40.6 Å². The standard InChI is InChI=1S/C48H56N2O2/c1-45(2,3)35-23-31(24-36(27-35)46(4,5)6)29-49-41(33-19-15-13-16-20-33)39-40(43(49)51)42(34-21-17-14-18-22-34)50(44(39)52)30-32-25-37(47(7,8)9)28-38(26-32)48(10,11)12/h13-28H,29-30H2,1-12H3. The van der Waals surface area contributed by atoms with Gasteiger partial charge in [-0.1, -0.05) is 180 Å². The van der Waals surface area contributed by atoms with Gasteiger partial charge in [0.2, 0.25) is 0 Å². The van der Waals surface area contributed by atoms with Crippen LogP contribution >= 0.6 is 0 Å². The van der Waals surface area contributed by atoms with E-state index < -0.39 is 0 Å². The molecular weight excluding hydrogens is 637 g/mol. The molecule has 0 saturated heterocycles. The average molecular weight is 693 g/mol. The van der Waals surface area contributed by atoms with Crippen molar-refractivity contribution in [3.8, 4) is 0 Å². The summed E-state index contributed by atoms with van der Waals surface area (Å²) in [7, 11) is 0. The van der Waals surface area contributed by atoms with Gasteiger partial charge in [0.1, 0.15) is 0 Å².